The predicted octanol–water partition coefficient (Wildman–Crippen LogP) is 2.57. The Kier molecular flexibility index (Phi) is 4.78. The molecule has 0 aromatic carbocycles. The second kappa shape index (κ2) is 7.35. The lowest BCUT2D eigenvalue weighted by Crippen LogP contribution is -2.41. The maximum absolute atomic E-state index is 12.4. The minimum absolute atomic E-state index is 0.300. The van der Waals surface area contributed by atoms with Gasteiger partial charge in [-0.3, -0.25) is 9.69 Å². The summed E-state index contributed by atoms with van der Waals surface area (Å²) in [4.78, 5) is 25.7. The summed E-state index contributed by atoms with van der Waals surface area (Å²) in [6, 6.07) is 3.69. The first-order valence-corrected chi connectivity index (χ1v) is 9.15. The van der Waals surface area contributed by atoms with Crippen molar-refractivity contribution in [1.82, 2.24) is 19.8 Å². The molecule has 1 saturated carbocycles. The van der Waals surface area contributed by atoms with Gasteiger partial charge in [-0.05, 0) is 31.4 Å². The van der Waals surface area contributed by atoms with Crippen molar-refractivity contribution < 1.29 is 9.21 Å². The van der Waals surface area contributed by atoms with E-state index in [-0.39, 0.29) is 0 Å². The molecule has 1 saturated heterocycles. The lowest BCUT2D eigenvalue weighted by atomic mass is 9.84. The van der Waals surface area contributed by atoms with Gasteiger partial charge < -0.3 is 9.32 Å². The van der Waals surface area contributed by atoms with Crippen molar-refractivity contribution in [2.75, 3.05) is 26.2 Å². The Labute approximate surface area is 147 Å². The summed E-state index contributed by atoms with van der Waals surface area (Å²) in [7, 11) is 0. The first kappa shape index (κ1) is 16.3. The molecule has 1 amide bonds. The quantitative estimate of drug-likeness (QED) is 0.856. The van der Waals surface area contributed by atoms with Gasteiger partial charge >= 0.3 is 0 Å². The number of hydrogen-bond donors (Lipinski definition) is 0. The summed E-state index contributed by atoms with van der Waals surface area (Å²) < 4.78 is 5.32. The fraction of sp³-hybridized carbons (Fsp3) is 0.526. The third-order valence-corrected chi connectivity index (χ3v) is 5.21. The van der Waals surface area contributed by atoms with Crippen molar-refractivity contribution in [2.24, 2.45) is 5.92 Å². The van der Waals surface area contributed by atoms with Gasteiger partial charge in [-0.15, -0.1) is 0 Å². The highest BCUT2D eigenvalue weighted by molar-refractivity contribution is 5.79. The van der Waals surface area contributed by atoms with Crippen molar-refractivity contribution in [3.05, 3.63) is 36.4 Å². The molecule has 2 aromatic rings. The van der Waals surface area contributed by atoms with Crippen LogP contribution in [0.3, 0.4) is 0 Å². The van der Waals surface area contributed by atoms with Crippen molar-refractivity contribution in [1.29, 1.82) is 0 Å². The zero-order valence-electron chi connectivity index (χ0n) is 14.4. The number of carbonyl (C=O) groups excluding carboxylic acids is 1. The lowest BCUT2D eigenvalue weighted by Gasteiger charge is -2.31. The Morgan fingerprint density at radius 3 is 2.64 bits per heavy atom. The summed E-state index contributed by atoms with van der Waals surface area (Å²) in [6.45, 7) is 4.47. The van der Waals surface area contributed by atoms with Crippen LogP contribution in [-0.4, -0.2) is 51.9 Å². The largest absolute Gasteiger partial charge is 0.461 e. The van der Waals surface area contributed by atoms with Crippen LogP contribution in [-0.2, 0) is 11.3 Å². The number of amides is 1. The van der Waals surface area contributed by atoms with Crippen LogP contribution in [0, 0.1) is 5.92 Å². The molecule has 4 rings (SSSR count). The zero-order valence-corrected chi connectivity index (χ0v) is 14.4. The van der Waals surface area contributed by atoms with Gasteiger partial charge in [0.05, 0.1) is 6.26 Å². The molecule has 6 nitrogen and oxygen atoms in total. The Bertz CT molecular complexity index is 695. The van der Waals surface area contributed by atoms with Gasteiger partial charge in [-0.25, -0.2) is 9.97 Å². The highest BCUT2D eigenvalue weighted by Gasteiger charge is 2.30. The second-order valence-electron chi connectivity index (χ2n) is 6.98. The monoisotopic (exact) mass is 340 g/mol. The summed E-state index contributed by atoms with van der Waals surface area (Å²) in [5.74, 6) is 1.97. The van der Waals surface area contributed by atoms with Crippen LogP contribution in [0.1, 0.15) is 31.2 Å². The van der Waals surface area contributed by atoms with Crippen LogP contribution >= 0.6 is 0 Å². The van der Waals surface area contributed by atoms with E-state index in [4.69, 9.17) is 4.42 Å². The van der Waals surface area contributed by atoms with E-state index < -0.39 is 0 Å². The highest BCUT2D eigenvalue weighted by atomic mass is 16.3. The van der Waals surface area contributed by atoms with E-state index in [1.54, 1.807) is 6.26 Å². The first-order chi connectivity index (χ1) is 12.3. The standard InChI is InChI=1S/C19H24N4O2/c24-19(16-4-1-5-16)23-8-3-7-22(9-10-23)14-15-12-20-18(21-13-15)17-6-2-11-25-17/h2,6,11-13,16H,1,3-5,7-10,14H2. The number of rotatable bonds is 4. The Hall–Kier alpha value is -2.21. The average Bonchev–Trinajstić information content (AvgIpc) is 3.01. The van der Waals surface area contributed by atoms with Crippen molar-refractivity contribution >= 4 is 5.91 Å². The van der Waals surface area contributed by atoms with Crippen molar-refractivity contribution in [2.45, 2.75) is 32.2 Å². The lowest BCUT2D eigenvalue weighted by molar-refractivity contribution is -0.138. The molecule has 1 aliphatic heterocycles. The van der Waals surface area contributed by atoms with E-state index >= 15 is 0 Å². The summed E-state index contributed by atoms with van der Waals surface area (Å²) in [6.07, 6.45) is 9.77. The molecule has 132 valence electrons. The van der Waals surface area contributed by atoms with Crippen molar-refractivity contribution in [3.63, 3.8) is 0 Å². The molecule has 25 heavy (non-hydrogen) atoms. The van der Waals surface area contributed by atoms with Crippen molar-refractivity contribution in [3.8, 4) is 11.6 Å². The van der Waals surface area contributed by atoms with Crippen LogP contribution in [0.25, 0.3) is 11.6 Å². The van der Waals surface area contributed by atoms with Crippen LogP contribution in [0.5, 0.6) is 0 Å². The number of hydrogen-bond acceptors (Lipinski definition) is 5. The van der Waals surface area contributed by atoms with Gasteiger partial charge in [0.15, 0.2) is 11.6 Å². The third-order valence-electron chi connectivity index (χ3n) is 5.21. The Morgan fingerprint density at radius 2 is 1.96 bits per heavy atom. The molecule has 0 spiro atoms. The van der Waals surface area contributed by atoms with E-state index in [0.717, 1.165) is 57.5 Å². The van der Waals surface area contributed by atoms with Crippen LogP contribution < -0.4 is 0 Å². The van der Waals surface area contributed by atoms with Gasteiger partial charge in [0.25, 0.3) is 0 Å². The number of carbonyl (C=O) groups is 1. The molecule has 2 fully saturated rings. The third kappa shape index (κ3) is 3.74. The molecule has 3 heterocycles. The molecule has 0 bridgehead atoms. The van der Waals surface area contributed by atoms with E-state index in [1.807, 2.05) is 24.5 Å². The van der Waals surface area contributed by atoms with Gasteiger partial charge in [0, 0.05) is 56.6 Å². The normalized spacial score (nSPS) is 19.4. The van der Waals surface area contributed by atoms with Crippen LogP contribution in [0.15, 0.2) is 35.2 Å². The summed E-state index contributed by atoms with van der Waals surface area (Å²) in [5.41, 5.74) is 1.09. The average molecular weight is 340 g/mol. The summed E-state index contributed by atoms with van der Waals surface area (Å²) >= 11 is 0. The molecule has 0 N–H and O–H groups in total. The maximum atomic E-state index is 12.4. The van der Waals surface area contributed by atoms with Crippen LogP contribution in [0.4, 0.5) is 0 Å². The van der Waals surface area contributed by atoms with E-state index in [9.17, 15) is 4.79 Å². The minimum Gasteiger partial charge on any atom is -0.461 e. The molecule has 0 unspecified atom stereocenters. The van der Waals surface area contributed by atoms with E-state index in [0.29, 0.717) is 23.4 Å². The fourth-order valence-corrected chi connectivity index (χ4v) is 3.49. The molecule has 1 aliphatic carbocycles. The number of aromatic nitrogens is 2. The topological polar surface area (TPSA) is 62.5 Å². The smallest absolute Gasteiger partial charge is 0.225 e. The number of furan rings is 1. The van der Waals surface area contributed by atoms with Crippen LogP contribution in [0.2, 0.25) is 0 Å². The molecular weight excluding hydrogens is 316 g/mol. The molecule has 2 aliphatic rings. The Morgan fingerprint density at radius 1 is 1.12 bits per heavy atom. The minimum atomic E-state index is 0.300. The van der Waals surface area contributed by atoms with Gasteiger partial charge in [0.1, 0.15) is 0 Å². The molecule has 0 radical (unpaired) electrons. The predicted molar refractivity (Wildman–Crippen MR) is 93.5 cm³/mol. The molecule has 6 heteroatoms. The fourth-order valence-electron chi connectivity index (χ4n) is 3.49. The van der Waals surface area contributed by atoms with E-state index in [1.165, 1.54) is 6.42 Å². The van der Waals surface area contributed by atoms with Gasteiger partial charge in [-0.2, -0.15) is 0 Å². The van der Waals surface area contributed by atoms with E-state index in [2.05, 4.69) is 19.8 Å². The molecule has 0 atom stereocenters. The SMILES string of the molecule is O=C(C1CCC1)N1CCCN(Cc2cnc(-c3ccco3)nc2)CC1. The van der Waals surface area contributed by atoms with Gasteiger partial charge in [-0.1, -0.05) is 6.42 Å². The second-order valence-corrected chi connectivity index (χ2v) is 6.98. The maximum Gasteiger partial charge on any atom is 0.225 e. The molecular formula is C19H24N4O2. The molecule has 2 aromatic heterocycles. The number of nitrogens with zero attached hydrogens (tertiary/aromatic N) is 4. The van der Waals surface area contributed by atoms with Gasteiger partial charge in [0.2, 0.25) is 5.91 Å². The Balaban J connectivity index is 1.32. The zero-order chi connectivity index (χ0) is 17.1. The highest BCUT2D eigenvalue weighted by Crippen LogP contribution is 2.28. The summed E-state index contributed by atoms with van der Waals surface area (Å²) in [5, 5.41) is 0. The first-order valence-electron chi connectivity index (χ1n) is 9.15.